The highest BCUT2D eigenvalue weighted by atomic mass is 35.5. The Morgan fingerprint density at radius 3 is 2.72 bits per heavy atom. The van der Waals surface area contributed by atoms with Crippen molar-refractivity contribution < 1.29 is 9.53 Å². The lowest BCUT2D eigenvalue weighted by Crippen LogP contribution is -2.35. The second-order valence-corrected chi connectivity index (χ2v) is 5.29. The molecule has 5 heteroatoms. The van der Waals surface area contributed by atoms with Gasteiger partial charge in [-0.2, -0.15) is 0 Å². The summed E-state index contributed by atoms with van der Waals surface area (Å²) < 4.78 is 5.19. The fourth-order valence-corrected chi connectivity index (χ4v) is 1.52. The molecule has 0 aromatic carbocycles. The molecule has 4 nitrogen and oxygen atoms in total. The van der Waals surface area contributed by atoms with Gasteiger partial charge >= 0.3 is 6.09 Å². The molecule has 0 saturated carbocycles. The second-order valence-electron chi connectivity index (χ2n) is 4.86. The Balaban J connectivity index is 2.71. The van der Waals surface area contributed by atoms with E-state index in [2.05, 4.69) is 10.3 Å². The van der Waals surface area contributed by atoms with Gasteiger partial charge in [0.15, 0.2) is 0 Å². The summed E-state index contributed by atoms with van der Waals surface area (Å²) in [4.78, 5) is 15.8. The van der Waals surface area contributed by atoms with Crippen molar-refractivity contribution in [2.24, 2.45) is 0 Å². The first-order chi connectivity index (χ1) is 8.31. The molecule has 0 aliphatic rings. The van der Waals surface area contributed by atoms with Crippen molar-refractivity contribution in [2.75, 3.05) is 0 Å². The lowest BCUT2D eigenvalue weighted by Gasteiger charge is -2.22. The summed E-state index contributed by atoms with van der Waals surface area (Å²) in [7, 11) is 0. The highest BCUT2D eigenvalue weighted by molar-refractivity contribution is 6.30. The summed E-state index contributed by atoms with van der Waals surface area (Å²) in [5.74, 6) is 0. The third-order valence-corrected chi connectivity index (χ3v) is 2.30. The van der Waals surface area contributed by atoms with Crippen molar-refractivity contribution in [3.05, 3.63) is 35.5 Å². The van der Waals surface area contributed by atoms with E-state index >= 15 is 0 Å². The lowest BCUT2D eigenvalue weighted by atomic mass is 10.1. The van der Waals surface area contributed by atoms with E-state index in [0.29, 0.717) is 10.7 Å². The molecule has 1 aromatic rings. The largest absolute Gasteiger partial charge is 0.444 e. The Hall–Kier alpha value is -1.29. The normalized spacial score (nSPS) is 12.9. The van der Waals surface area contributed by atoms with Crippen LogP contribution in [-0.4, -0.2) is 16.7 Å². The van der Waals surface area contributed by atoms with Crippen LogP contribution in [0.15, 0.2) is 18.3 Å². The lowest BCUT2D eigenvalue weighted by molar-refractivity contribution is 0.0509. The van der Waals surface area contributed by atoms with Crippen LogP contribution < -0.4 is 5.32 Å². The van der Waals surface area contributed by atoms with Crippen molar-refractivity contribution in [3.63, 3.8) is 0 Å². The van der Waals surface area contributed by atoms with E-state index in [0.717, 1.165) is 0 Å². The number of carbonyl (C=O) groups excluding carboxylic acids is 1. The fraction of sp³-hybridized carbons (Fsp3) is 0.462. The molecule has 0 spiro atoms. The van der Waals surface area contributed by atoms with E-state index in [1.807, 2.05) is 34.1 Å². The molecule has 0 aliphatic carbocycles. The minimum Gasteiger partial charge on any atom is -0.444 e. The number of hydrogen-bond donors (Lipinski definition) is 1. The number of aromatic nitrogens is 1. The van der Waals surface area contributed by atoms with Crippen molar-refractivity contribution in [3.8, 4) is 0 Å². The SMILES string of the molecule is C[CH][C@H](NC(=O)OC(C)(C)C)c1cc(Cl)ccn1. The Labute approximate surface area is 113 Å². The Morgan fingerprint density at radius 2 is 2.22 bits per heavy atom. The molecular weight excluding hydrogens is 252 g/mol. The molecule has 1 radical (unpaired) electrons. The van der Waals surface area contributed by atoms with E-state index < -0.39 is 11.7 Å². The summed E-state index contributed by atoms with van der Waals surface area (Å²) in [6.45, 7) is 7.28. The van der Waals surface area contributed by atoms with Gasteiger partial charge in [-0.25, -0.2) is 4.79 Å². The van der Waals surface area contributed by atoms with E-state index in [9.17, 15) is 4.79 Å². The number of nitrogens with zero attached hydrogens (tertiary/aromatic N) is 1. The summed E-state index contributed by atoms with van der Waals surface area (Å²) in [5, 5.41) is 3.31. The zero-order valence-electron chi connectivity index (χ0n) is 11.0. The molecule has 0 unspecified atom stereocenters. The van der Waals surface area contributed by atoms with Crippen molar-refractivity contribution in [1.29, 1.82) is 0 Å². The maximum absolute atomic E-state index is 11.7. The van der Waals surface area contributed by atoms with Crippen LogP contribution >= 0.6 is 11.6 Å². The minimum absolute atomic E-state index is 0.321. The van der Waals surface area contributed by atoms with Crippen LogP contribution in [0.4, 0.5) is 4.79 Å². The van der Waals surface area contributed by atoms with Crippen LogP contribution in [0.3, 0.4) is 0 Å². The highest BCUT2D eigenvalue weighted by Gasteiger charge is 2.20. The molecule has 0 bridgehead atoms. The number of ether oxygens (including phenoxy) is 1. The molecule has 1 atom stereocenters. The number of alkyl carbamates (subject to hydrolysis) is 1. The molecule has 99 valence electrons. The van der Waals surface area contributed by atoms with Gasteiger partial charge in [0.25, 0.3) is 0 Å². The van der Waals surface area contributed by atoms with Gasteiger partial charge in [0.2, 0.25) is 0 Å². The number of nitrogens with one attached hydrogen (secondary N) is 1. The molecule has 1 N–H and O–H groups in total. The van der Waals surface area contributed by atoms with Gasteiger partial charge in [0, 0.05) is 11.2 Å². The number of carbonyl (C=O) groups is 1. The van der Waals surface area contributed by atoms with Crippen molar-refractivity contribution in [1.82, 2.24) is 10.3 Å². The molecule has 1 rings (SSSR count). The second kappa shape index (κ2) is 6.05. The topological polar surface area (TPSA) is 51.2 Å². The summed E-state index contributed by atoms with van der Waals surface area (Å²) >= 11 is 5.89. The van der Waals surface area contributed by atoms with Crippen LogP contribution in [-0.2, 0) is 4.74 Å². The van der Waals surface area contributed by atoms with Crippen LogP contribution in [0.2, 0.25) is 5.02 Å². The number of rotatable bonds is 3. The molecule has 0 aliphatic heterocycles. The minimum atomic E-state index is -0.524. The molecule has 0 saturated heterocycles. The van der Waals surface area contributed by atoms with Crippen LogP contribution in [0.5, 0.6) is 0 Å². The van der Waals surface area contributed by atoms with Gasteiger partial charge in [-0.1, -0.05) is 18.5 Å². The maximum atomic E-state index is 11.7. The number of hydrogen-bond acceptors (Lipinski definition) is 3. The van der Waals surface area contributed by atoms with Gasteiger partial charge in [0.05, 0.1) is 11.7 Å². The Morgan fingerprint density at radius 1 is 1.56 bits per heavy atom. The van der Waals surface area contributed by atoms with E-state index in [1.165, 1.54) is 0 Å². The number of halogens is 1. The third kappa shape index (κ3) is 4.92. The Kier molecular flexibility index (Phi) is 4.96. The first-order valence-electron chi connectivity index (χ1n) is 5.72. The van der Waals surface area contributed by atoms with Crippen molar-refractivity contribution in [2.45, 2.75) is 39.3 Å². The van der Waals surface area contributed by atoms with E-state index in [-0.39, 0.29) is 6.04 Å². The standard InChI is InChI=1S/C13H18ClN2O2/c1-5-10(11-8-9(14)6-7-15-11)16-12(17)18-13(2,3)4/h5-8,10H,1-4H3,(H,16,17)/t10-/m0/s1. The summed E-state index contributed by atoms with van der Waals surface area (Å²) in [5.41, 5.74) is 0.153. The predicted molar refractivity (Wildman–Crippen MR) is 71.3 cm³/mol. The smallest absolute Gasteiger partial charge is 0.408 e. The molecule has 1 aromatic heterocycles. The van der Waals surface area contributed by atoms with Gasteiger partial charge in [0.1, 0.15) is 5.60 Å². The Bertz CT molecular complexity index is 416. The quantitative estimate of drug-likeness (QED) is 0.913. The predicted octanol–water partition coefficient (Wildman–Crippen LogP) is 3.52. The van der Waals surface area contributed by atoms with E-state index in [1.54, 1.807) is 18.3 Å². The zero-order valence-corrected chi connectivity index (χ0v) is 11.8. The monoisotopic (exact) mass is 269 g/mol. The first kappa shape index (κ1) is 14.8. The van der Waals surface area contributed by atoms with Crippen LogP contribution in [0.25, 0.3) is 0 Å². The van der Waals surface area contributed by atoms with Gasteiger partial charge < -0.3 is 10.1 Å². The average molecular weight is 270 g/mol. The number of pyridine rings is 1. The van der Waals surface area contributed by atoms with E-state index in [4.69, 9.17) is 16.3 Å². The average Bonchev–Trinajstić information content (AvgIpc) is 2.23. The fourth-order valence-electron chi connectivity index (χ4n) is 1.35. The molecule has 1 heterocycles. The third-order valence-electron chi connectivity index (χ3n) is 2.07. The van der Waals surface area contributed by atoms with Gasteiger partial charge in [-0.15, -0.1) is 0 Å². The molecule has 0 fully saturated rings. The molecule has 18 heavy (non-hydrogen) atoms. The first-order valence-corrected chi connectivity index (χ1v) is 6.10. The van der Waals surface area contributed by atoms with Crippen LogP contribution in [0, 0.1) is 6.42 Å². The molecule has 1 amide bonds. The number of amides is 1. The zero-order chi connectivity index (χ0) is 13.8. The van der Waals surface area contributed by atoms with Gasteiger partial charge in [-0.05, 0) is 39.3 Å². The summed E-state index contributed by atoms with van der Waals surface area (Å²) in [6, 6.07) is 3.08. The van der Waals surface area contributed by atoms with Gasteiger partial charge in [-0.3, -0.25) is 4.98 Å². The maximum Gasteiger partial charge on any atom is 0.408 e. The molecular formula is C13H18ClN2O2. The van der Waals surface area contributed by atoms with Crippen molar-refractivity contribution >= 4 is 17.7 Å². The van der Waals surface area contributed by atoms with Crippen LogP contribution in [0.1, 0.15) is 39.4 Å². The highest BCUT2D eigenvalue weighted by Crippen LogP contribution is 2.18. The summed E-state index contributed by atoms with van der Waals surface area (Å²) in [6.07, 6.45) is 2.94.